The van der Waals surface area contributed by atoms with Crippen LogP contribution < -0.4 is 10.1 Å². The molecule has 0 fully saturated rings. The van der Waals surface area contributed by atoms with E-state index in [2.05, 4.69) is 15.6 Å². The number of hydrogen-bond acceptors (Lipinski definition) is 5. The van der Waals surface area contributed by atoms with E-state index in [4.69, 9.17) is 4.74 Å². The molecule has 1 atom stereocenters. The van der Waals surface area contributed by atoms with Crippen molar-refractivity contribution in [3.8, 4) is 5.75 Å². The van der Waals surface area contributed by atoms with Crippen LogP contribution in [0.4, 0.5) is 0 Å². The van der Waals surface area contributed by atoms with Crippen LogP contribution in [-0.2, 0) is 6.54 Å². The van der Waals surface area contributed by atoms with E-state index in [0.29, 0.717) is 6.54 Å². The van der Waals surface area contributed by atoms with E-state index in [-0.39, 0.29) is 6.61 Å². The minimum Gasteiger partial charge on any atom is -0.490 e. The minimum atomic E-state index is -0.542. The number of para-hydroxylation sites is 1. The Kier molecular flexibility index (Phi) is 5.71. The number of nitrogens with zero attached hydrogens (tertiary/aromatic N) is 3. The van der Waals surface area contributed by atoms with Gasteiger partial charge >= 0.3 is 0 Å². The van der Waals surface area contributed by atoms with Crippen LogP contribution in [0.1, 0.15) is 11.1 Å². The van der Waals surface area contributed by atoms with E-state index in [9.17, 15) is 5.11 Å². The third kappa shape index (κ3) is 4.84. The summed E-state index contributed by atoms with van der Waals surface area (Å²) in [7, 11) is 0. The summed E-state index contributed by atoms with van der Waals surface area (Å²) in [5, 5.41) is 20.7. The zero-order valence-corrected chi connectivity index (χ0v) is 12.5. The third-order valence-electron chi connectivity index (χ3n) is 3.20. The first-order chi connectivity index (χ1) is 10.2. The Morgan fingerprint density at radius 3 is 2.76 bits per heavy atom. The van der Waals surface area contributed by atoms with E-state index in [1.165, 1.54) is 0 Å². The second-order valence-electron chi connectivity index (χ2n) is 5.06. The lowest BCUT2D eigenvalue weighted by Gasteiger charge is -2.16. The second-order valence-corrected chi connectivity index (χ2v) is 5.06. The molecule has 2 aromatic rings. The van der Waals surface area contributed by atoms with Gasteiger partial charge in [-0.15, -0.1) is 5.10 Å². The predicted octanol–water partition coefficient (Wildman–Crippen LogP) is 0.924. The fourth-order valence-corrected chi connectivity index (χ4v) is 2.08. The smallest absolute Gasteiger partial charge is 0.125 e. The summed E-state index contributed by atoms with van der Waals surface area (Å²) < 4.78 is 7.46. The van der Waals surface area contributed by atoms with Crippen molar-refractivity contribution in [3.05, 3.63) is 41.7 Å². The highest BCUT2D eigenvalue weighted by molar-refractivity contribution is 5.39. The molecule has 0 saturated heterocycles. The van der Waals surface area contributed by atoms with Crippen LogP contribution in [0.5, 0.6) is 5.75 Å². The first-order valence-electron chi connectivity index (χ1n) is 7.08. The third-order valence-corrected chi connectivity index (χ3v) is 3.20. The molecular weight excluding hydrogens is 268 g/mol. The zero-order valence-electron chi connectivity index (χ0n) is 12.5. The van der Waals surface area contributed by atoms with Gasteiger partial charge in [-0.1, -0.05) is 23.4 Å². The van der Waals surface area contributed by atoms with Crippen LogP contribution in [0.15, 0.2) is 30.6 Å². The van der Waals surface area contributed by atoms with Crippen LogP contribution in [0.3, 0.4) is 0 Å². The van der Waals surface area contributed by atoms with Gasteiger partial charge in [0.2, 0.25) is 0 Å². The lowest BCUT2D eigenvalue weighted by molar-refractivity contribution is 0.105. The van der Waals surface area contributed by atoms with Crippen LogP contribution in [-0.4, -0.2) is 45.9 Å². The van der Waals surface area contributed by atoms with Gasteiger partial charge in [-0.2, -0.15) is 0 Å². The summed E-state index contributed by atoms with van der Waals surface area (Å²) in [6, 6.07) is 6.01. The standard InChI is InChI=1S/C15H22N4O2/c1-12-4-3-5-13(2)15(12)21-11-14(20)10-16-6-8-19-9-7-17-18-19/h3-5,7,9,14,16,20H,6,8,10-11H2,1-2H3. The predicted molar refractivity (Wildman–Crippen MR) is 80.3 cm³/mol. The van der Waals surface area contributed by atoms with Crippen molar-refractivity contribution in [1.82, 2.24) is 20.3 Å². The molecule has 6 heteroatoms. The first-order valence-corrected chi connectivity index (χ1v) is 7.08. The van der Waals surface area contributed by atoms with E-state index >= 15 is 0 Å². The maximum Gasteiger partial charge on any atom is 0.125 e. The Labute approximate surface area is 124 Å². The molecule has 1 aromatic carbocycles. The SMILES string of the molecule is Cc1cccc(C)c1OCC(O)CNCCn1ccnn1. The quantitative estimate of drug-likeness (QED) is 0.708. The Bertz CT molecular complexity index is 522. The molecule has 1 unspecified atom stereocenters. The molecule has 1 heterocycles. The van der Waals surface area contributed by atoms with Crippen molar-refractivity contribution in [2.75, 3.05) is 19.7 Å². The Balaban J connectivity index is 1.66. The van der Waals surface area contributed by atoms with E-state index in [1.54, 1.807) is 10.9 Å². The molecule has 2 rings (SSSR count). The monoisotopic (exact) mass is 290 g/mol. The molecule has 0 bridgehead atoms. The fraction of sp³-hybridized carbons (Fsp3) is 0.467. The molecule has 2 N–H and O–H groups in total. The van der Waals surface area contributed by atoms with Gasteiger partial charge in [-0.3, -0.25) is 4.68 Å². The van der Waals surface area contributed by atoms with E-state index in [0.717, 1.165) is 30.0 Å². The highest BCUT2D eigenvalue weighted by Gasteiger charge is 2.08. The van der Waals surface area contributed by atoms with Crippen molar-refractivity contribution < 1.29 is 9.84 Å². The van der Waals surface area contributed by atoms with Gasteiger partial charge in [0.25, 0.3) is 0 Å². The van der Waals surface area contributed by atoms with Gasteiger partial charge in [0.15, 0.2) is 0 Å². The molecule has 6 nitrogen and oxygen atoms in total. The van der Waals surface area contributed by atoms with Crippen LogP contribution >= 0.6 is 0 Å². The topological polar surface area (TPSA) is 72.2 Å². The number of hydrogen-bond donors (Lipinski definition) is 2. The molecule has 0 aliphatic rings. The van der Waals surface area contributed by atoms with Crippen molar-refractivity contribution in [2.45, 2.75) is 26.5 Å². The molecule has 0 aliphatic heterocycles. The van der Waals surface area contributed by atoms with Crippen molar-refractivity contribution in [2.24, 2.45) is 0 Å². The molecule has 114 valence electrons. The second kappa shape index (κ2) is 7.75. The van der Waals surface area contributed by atoms with Gasteiger partial charge in [-0.25, -0.2) is 0 Å². The van der Waals surface area contributed by atoms with Gasteiger partial charge in [0, 0.05) is 19.3 Å². The zero-order chi connectivity index (χ0) is 15.1. The number of ether oxygens (including phenoxy) is 1. The maximum atomic E-state index is 9.93. The molecule has 21 heavy (non-hydrogen) atoms. The molecular formula is C15H22N4O2. The summed E-state index contributed by atoms with van der Waals surface area (Å²) in [6.07, 6.45) is 2.91. The molecule has 0 spiro atoms. The number of aryl methyl sites for hydroxylation is 2. The average molecular weight is 290 g/mol. The largest absolute Gasteiger partial charge is 0.490 e. The number of benzene rings is 1. The van der Waals surface area contributed by atoms with Gasteiger partial charge < -0.3 is 15.2 Å². The van der Waals surface area contributed by atoms with Crippen molar-refractivity contribution in [3.63, 3.8) is 0 Å². The molecule has 0 radical (unpaired) electrons. The van der Waals surface area contributed by atoms with E-state index in [1.807, 2.05) is 38.2 Å². The van der Waals surface area contributed by atoms with Gasteiger partial charge in [0.05, 0.1) is 12.7 Å². The summed E-state index contributed by atoms with van der Waals surface area (Å²) in [5.41, 5.74) is 2.17. The van der Waals surface area contributed by atoms with E-state index < -0.39 is 6.10 Å². The molecule has 0 aliphatic carbocycles. The summed E-state index contributed by atoms with van der Waals surface area (Å²) in [5.74, 6) is 0.860. The van der Waals surface area contributed by atoms with Crippen molar-refractivity contribution >= 4 is 0 Å². The average Bonchev–Trinajstić information content (AvgIpc) is 2.96. The normalized spacial score (nSPS) is 12.3. The summed E-state index contributed by atoms with van der Waals surface area (Å²) in [4.78, 5) is 0. The Morgan fingerprint density at radius 1 is 1.33 bits per heavy atom. The number of aliphatic hydroxyl groups is 1. The first kappa shape index (κ1) is 15.5. The number of aromatic nitrogens is 3. The number of nitrogens with one attached hydrogen (secondary N) is 1. The van der Waals surface area contributed by atoms with Crippen LogP contribution in [0.2, 0.25) is 0 Å². The van der Waals surface area contributed by atoms with Crippen LogP contribution in [0, 0.1) is 13.8 Å². The molecule has 0 saturated carbocycles. The summed E-state index contributed by atoms with van der Waals surface area (Å²) >= 11 is 0. The highest BCUT2D eigenvalue weighted by Crippen LogP contribution is 2.22. The van der Waals surface area contributed by atoms with Crippen molar-refractivity contribution in [1.29, 1.82) is 0 Å². The number of rotatable bonds is 8. The number of aliphatic hydroxyl groups excluding tert-OH is 1. The molecule has 0 amide bonds. The summed E-state index contributed by atoms with van der Waals surface area (Å²) in [6.45, 7) is 6.23. The molecule has 1 aromatic heterocycles. The minimum absolute atomic E-state index is 0.280. The van der Waals surface area contributed by atoms with Gasteiger partial charge in [0.1, 0.15) is 18.5 Å². The Hall–Kier alpha value is -1.92. The van der Waals surface area contributed by atoms with Crippen LogP contribution in [0.25, 0.3) is 0 Å². The maximum absolute atomic E-state index is 9.93. The lowest BCUT2D eigenvalue weighted by atomic mass is 10.1. The Morgan fingerprint density at radius 2 is 2.10 bits per heavy atom. The highest BCUT2D eigenvalue weighted by atomic mass is 16.5. The van der Waals surface area contributed by atoms with Gasteiger partial charge in [-0.05, 0) is 25.0 Å². The lowest BCUT2D eigenvalue weighted by Crippen LogP contribution is -2.33. The fourth-order valence-electron chi connectivity index (χ4n) is 2.08.